The van der Waals surface area contributed by atoms with E-state index in [2.05, 4.69) is 17.2 Å². The van der Waals surface area contributed by atoms with E-state index in [0.29, 0.717) is 12.1 Å². The van der Waals surface area contributed by atoms with Gasteiger partial charge in [-0.1, -0.05) is 24.3 Å². The summed E-state index contributed by atoms with van der Waals surface area (Å²) in [6.45, 7) is 0. The molecule has 1 heterocycles. The van der Waals surface area contributed by atoms with Crippen LogP contribution in [0.15, 0.2) is 36.5 Å². The number of aliphatic hydroxyl groups is 1. The Morgan fingerprint density at radius 1 is 1.40 bits per heavy atom. The molecule has 4 heteroatoms. The molecule has 4 nitrogen and oxygen atoms in total. The van der Waals surface area contributed by atoms with Crippen LogP contribution in [0.25, 0.3) is 0 Å². The minimum Gasteiger partial charge on any atom is -0.385 e. The lowest BCUT2D eigenvalue weighted by Crippen LogP contribution is -2.37. The van der Waals surface area contributed by atoms with Crippen LogP contribution in [0.3, 0.4) is 0 Å². The largest absolute Gasteiger partial charge is 0.385 e. The lowest BCUT2D eigenvalue weighted by Gasteiger charge is -2.37. The zero-order valence-corrected chi connectivity index (χ0v) is 11.5. The number of rotatable bonds is 2. The van der Waals surface area contributed by atoms with Crippen LogP contribution >= 0.6 is 0 Å². The molecule has 1 N–H and O–H groups in total. The summed E-state index contributed by atoms with van der Waals surface area (Å²) in [4.78, 5) is 0. The third-order valence-electron chi connectivity index (χ3n) is 4.32. The molecule has 0 fully saturated rings. The molecule has 0 spiro atoms. The molecular weight excluding hydrogens is 250 g/mol. The molecule has 1 aromatic heterocycles. The molecule has 2 atom stereocenters. The lowest BCUT2D eigenvalue weighted by molar-refractivity contribution is 0.0918. The van der Waals surface area contributed by atoms with E-state index in [0.717, 1.165) is 18.4 Å². The second-order valence-corrected chi connectivity index (χ2v) is 5.38. The summed E-state index contributed by atoms with van der Waals surface area (Å²) >= 11 is 0. The Balaban J connectivity index is 2.15. The number of benzene rings is 1. The lowest BCUT2D eigenvalue weighted by atomic mass is 9.67. The summed E-state index contributed by atoms with van der Waals surface area (Å²) in [6, 6.07) is 12.1. The minimum atomic E-state index is -0.872. The summed E-state index contributed by atoms with van der Waals surface area (Å²) in [6.07, 6.45) is 3.35. The Hall–Kier alpha value is -2.12. The highest BCUT2D eigenvalue weighted by Gasteiger charge is 2.44. The van der Waals surface area contributed by atoms with E-state index in [-0.39, 0.29) is 0 Å². The Kier molecular flexibility index (Phi) is 3.07. The molecule has 2 unspecified atom stereocenters. The van der Waals surface area contributed by atoms with Gasteiger partial charge in [-0.3, -0.25) is 4.68 Å². The highest BCUT2D eigenvalue weighted by molar-refractivity contribution is 5.44. The number of aryl methyl sites for hydroxylation is 2. The van der Waals surface area contributed by atoms with Gasteiger partial charge in [-0.15, -0.1) is 0 Å². The van der Waals surface area contributed by atoms with Crippen molar-refractivity contribution in [2.45, 2.75) is 30.8 Å². The fourth-order valence-corrected chi connectivity index (χ4v) is 3.23. The molecule has 0 aliphatic heterocycles. The van der Waals surface area contributed by atoms with Gasteiger partial charge >= 0.3 is 0 Å². The molecule has 0 bridgehead atoms. The van der Waals surface area contributed by atoms with Crippen molar-refractivity contribution in [1.29, 1.82) is 5.26 Å². The van der Waals surface area contributed by atoms with Gasteiger partial charge < -0.3 is 5.11 Å². The Morgan fingerprint density at radius 3 is 2.90 bits per heavy atom. The Morgan fingerprint density at radius 2 is 2.20 bits per heavy atom. The van der Waals surface area contributed by atoms with E-state index in [4.69, 9.17) is 0 Å². The summed E-state index contributed by atoms with van der Waals surface area (Å²) in [5, 5.41) is 24.7. The number of fused-ring (bicyclic) bond motifs is 1. The van der Waals surface area contributed by atoms with Crippen molar-refractivity contribution >= 4 is 0 Å². The van der Waals surface area contributed by atoms with Crippen LogP contribution in [0.4, 0.5) is 0 Å². The number of aliphatic hydroxyl groups excluding tert-OH is 1. The predicted molar refractivity (Wildman–Crippen MR) is 74.8 cm³/mol. The topological polar surface area (TPSA) is 61.8 Å². The average Bonchev–Trinajstić information content (AvgIpc) is 2.92. The number of aromatic nitrogens is 2. The first-order valence-corrected chi connectivity index (χ1v) is 6.84. The van der Waals surface area contributed by atoms with Gasteiger partial charge in [0.2, 0.25) is 0 Å². The molecule has 0 amide bonds. The molecule has 0 saturated carbocycles. The third kappa shape index (κ3) is 1.75. The predicted octanol–water partition coefficient (Wildman–Crippen LogP) is 2.25. The van der Waals surface area contributed by atoms with E-state index < -0.39 is 11.5 Å². The van der Waals surface area contributed by atoms with Crippen molar-refractivity contribution in [2.75, 3.05) is 0 Å². The maximum atomic E-state index is 10.8. The average molecular weight is 267 g/mol. The summed E-state index contributed by atoms with van der Waals surface area (Å²) < 4.78 is 1.64. The quantitative estimate of drug-likeness (QED) is 0.907. The zero-order valence-electron chi connectivity index (χ0n) is 11.5. The van der Waals surface area contributed by atoms with Gasteiger partial charge in [-0.2, -0.15) is 10.4 Å². The SMILES string of the molecule is Cn1nccc1C(O)C1(C#N)CCCc2ccccc21. The van der Waals surface area contributed by atoms with Crippen LogP contribution in [-0.4, -0.2) is 14.9 Å². The van der Waals surface area contributed by atoms with Crippen molar-refractivity contribution in [3.63, 3.8) is 0 Å². The van der Waals surface area contributed by atoms with E-state index in [1.165, 1.54) is 5.56 Å². The number of nitrogens with zero attached hydrogens (tertiary/aromatic N) is 3. The van der Waals surface area contributed by atoms with Gasteiger partial charge in [0.15, 0.2) is 0 Å². The molecule has 0 radical (unpaired) electrons. The molecule has 0 saturated heterocycles. The molecule has 1 aromatic carbocycles. The highest BCUT2D eigenvalue weighted by atomic mass is 16.3. The number of hydrogen-bond acceptors (Lipinski definition) is 3. The van der Waals surface area contributed by atoms with E-state index in [1.807, 2.05) is 18.2 Å². The van der Waals surface area contributed by atoms with Crippen molar-refractivity contribution in [2.24, 2.45) is 7.05 Å². The molecule has 3 rings (SSSR count). The fourth-order valence-electron chi connectivity index (χ4n) is 3.23. The maximum Gasteiger partial charge on any atom is 0.118 e. The molecule has 1 aliphatic carbocycles. The zero-order chi connectivity index (χ0) is 14.2. The summed E-state index contributed by atoms with van der Waals surface area (Å²) in [5.41, 5.74) is 1.94. The molecule has 2 aromatic rings. The normalized spacial score (nSPS) is 22.9. The molecule has 20 heavy (non-hydrogen) atoms. The van der Waals surface area contributed by atoms with Gasteiger partial charge in [0, 0.05) is 13.2 Å². The molecule has 102 valence electrons. The Bertz CT molecular complexity index is 670. The van der Waals surface area contributed by atoms with Gasteiger partial charge in [-0.25, -0.2) is 0 Å². The van der Waals surface area contributed by atoms with Crippen LogP contribution in [0, 0.1) is 11.3 Å². The first-order chi connectivity index (χ1) is 9.69. The van der Waals surface area contributed by atoms with E-state index >= 15 is 0 Å². The highest BCUT2D eigenvalue weighted by Crippen LogP contribution is 2.45. The van der Waals surface area contributed by atoms with Crippen molar-refractivity contribution in [3.05, 3.63) is 53.3 Å². The van der Waals surface area contributed by atoms with Crippen molar-refractivity contribution in [1.82, 2.24) is 9.78 Å². The van der Waals surface area contributed by atoms with Crippen molar-refractivity contribution < 1.29 is 5.11 Å². The van der Waals surface area contributed by atoms with E-state index in [1.54, 1.807) is 24.0 Å². The first-order valence-electron chi connectivity index (χ1n) is 6.84. The van der Waals surface area contributed by atoms with Crippen LogP contribution < -0.4 is 0 Å². The minimum absolute atomic E-state index is 0.673. The second-order valence-electron chi connectivity index (χ2n) is 5.38. The standard InChI is InChI=1S/C16H17N3O/c1-19-14(8-10-18-19)15(20)16(11-17)9-4-6-12-5-2-3-7-13(12)16/h2-3,5,7-8,10,15,20H,4,6,9H2,1H3. The van der Waals surface area contributed by atoms with Gasteiger partial charge in [0.05, 0.1) is 11.8 Å². The third-order valence-corrected chi connectivity index (χ3v) is 4.32. The van der Waals surface area contributed by atoms with E-state index in [9.17, 15) is 10.4 Å². The van der Waals surface area contributed by atoms with Crippen LogP contribution in [0.5, 0.6) is 0 Å². The maximum absolute atomic E-state index is 10.8. The molecule has 1 aliphatic rings. The van der Waals surface area contributed by atoms with Gasteiger partial charge in [0.25, 0.3) is 0 Å². The molecular formula is C16H17N3O. The number of hydrogen-bond donors (Lipinski definition) is 1. The Labute approximate surface area is 118 Å². The second kappa shape index (κ2) is 4.77. The van der Waals surface area contributed by atoms with Crippen molar-refractivity contribution in [3.8, 4) is 6.07 Å². The number of nitriles is 1. The van der Waals surface area contributed by atoms with Crippen LogP contribution in [-0.2, 0) is 18.9 Å². The van der Waals surface area contributed by atoms with Crippen LogP contribution in [0.1, 0.15) is 35.8 Å². The fraction of sp³-hybridized carbons (Fsp3) is 0.375. The van der Waals surface area contributed by atoms with Gasteiger partial charge in [-0.05, 0) is 36.5 Å². The smallest absolute Gasteiger partial charge is 0.118 e. The summed E-state index contributed by atoms with van der Waals surface area (Å²) in [7, 11) is 1.79. The van der Waals surface area contributed by atoms with Crippen LogP contribution in [0.2, 0.25) is 0 Å². The summed E-state index contributed by atoms with van der Waals surface area (Å²) in [5.74, 6) is 0. The van der Waals surface area contributed by atoms with Gasteiger partial charge in [0.1, 0.15) is 11.5 Å². The first kappa shape index (κ1) is 12.9. The monoisotopic (exact) mass is 267 g/mol.